The summed E-state index contributed by atoms with van der Waals surface area (Å²) in [4.78, 5) is 2.60. The molecule has 22 heavy (non-hydrogen) atoms. The van der Waals surface area contributed by atoms with E-state index in [2.05, 4.69) is 77.8 Å². The maximum absolute atomic E-state index is 3.36. The normalized spacial score (nSPS) is 12.5. The van der Waals surface area contributed by atoms with Crippen LogP contribution in [-0.4, -0.2) is 24.5 Å². The first-order valence-corrected chi connectivity index (χ1v) is 8.30. The molecule has 0 saturated heterocycles. The van der Waals surface area contributed by atoms with Crippen molar-refractivity contribution in [2.24, 2.45) is 0 Å². The van der Waals surface area contributed by atoms with Crippen molar-refractivity contribution in [3.8, 4) is 0 Å². The van der Waals surface area contributed by atoms with Gasteiger partial charge in [-0.05, 0) is 24.6 Å². The Hall–Kier alpha value is -1.64. The number of hydrogen-bond acceptors (Lipinski definition) is 2. The van der Waals surface area contributed by atoms with E-state index in [-0.39, 0.29) is 0 Å². The Labute approximate surface area is 135 Å². The van der Waals surface area contributed by atoms with Gasteiger partial charge >= 0.3 is 0 Å². The lowest BCUT2D eigenvalue weighted by molar-refractivity contribution is 0.166. The van der Waals surface area contributed by atoms with Gasteiger partial charge in [-0.3, -0.25) is 4.90 Å². The second-order valence-electron chi connectivity index (χ2n) is 5.88. The topological polar surface area (TPSA) is 15.3 Å². The number of benzene rings is 2. The van der Waals surface area contributed by atoms with E-state index in [4.69, 9.17) is 0 Å². The van der Waals surface area contributed by atoms with Crippen molar-refractivity contribution in [2.75, 3.05) is 13.6 Å². The van der Waals surface area contributed by atoms with Crippen LogP contribution in [0.2, 0.25) is 0 Å². The van der Waals surface area contributed by atoms with Crippen molar-refractivity contribution < 1.29 is 0 Å². The third-order valence-corrected chi connectivity index (χ3v) is 4.04. The first kappa shape index (κ1) is 16.7. The summed E-state index contributed by atoms with van der Waals surface area (Å²) in [5.41, 5.74) is 2.77. The summed E-state index contributed by atoms with van der Waals surface area (Å²) in [6, 6.07) is 22.1. The van der Waals surface area contributed by atoms with E-state index >= 15 is 0 Å². The SMILES string of the molecule is CCC[C@H](CNC)N(Cc1ccccc1)Cc1ccccc1. The van der Waals surface area contributed by atoms with E-state index in [9.17, 15) is 0 Å². The van der Waals surface area contributed by atoms with Crippen LogP contribution in [0.3, 0.4) is 0 Å². The van der Waals surface area contributed by atoms with E-state index in [1.165, 1.54) is 24.0 Å². The molecule has 118 valence electrons. The summed E-state index contributed by atoms with van der Waals surface area (Å²) >= 11 is 0. The second-order valence-corrected chi connectivity index (χ2v) is 5.88. The van der Waals surface area contributed by atoms with Crippen LogP contribution in [0.5, 0.6) is 0 Å². The molecule has 2 heteroatoms. The van der Waals surface area contributed by atoms with E-state index in [1.54, 1.807) is 0 Å². The van der Waals surface area contributed by atoms with Gasteiger partial charge in [-0.2, -0.15) is 0 Å². The van der Waals surface area contributed by atoms with Gasteiger partial charge in [0.15, 0.2) is 0 Å². The predicted octanol–water partition coefficient (Wildman–Crippen LogP) is 4.08. The van der Waals surface area contributed by atoms with Gasteiger partial charge in [0.2, 0.25) is 0 Å². The molecule has 2 nitrogen and oxygen atoms in total. The zero-order chi connectivity index (χ0) is 15.6. The molecule has 0 aliphatic heterocycles. The first-order chi connectivity index (χ1) is 10.8. The van der Waals surface area contributed by atoms with Crippen LogP contribution >= 0.6 is 0 Å². The summed E-state index contributed by atoms with van der Waals surface area (Å²) in [5, 5.41) is 3.36. The minimum atomic E-state index is 0.565. The molecule has 0 aliphatic rings. The highest BCUT2D eigenvalue weighted by Crippen LogP contribution is 2.16. The summed E-state index contributed by atoms with van der Waals surface area (Å²) in [7, 11) is 2.05. The fraction of sp³-hybridized carbons (Fsp3) is 0.400. The van der Waals surface area contributed by atoms with Crippen LogP contribution in [0.15, 0.2) is 60.7 Å². The summed E-state index contributed by atoms with van der Waals surface area (Å²) in [6.07, 6.45) is 2.44. The van der Waals surface area contributed by atoms with Gasteiger partial charge in [0.1, 0.15) is 0 Å². The monoisotopic (exact) mass is 296 g/mol. The van der Waals surface area contributed by atoms with Crippen LogP contribution in [0, 0.1) is 0 Å². The Morgan fingerprint density at radius 2 is 1.36 bits per heavy atom. The highest BCUT2D eigenvalue weighted by molar-refractivity contribution is 5.17. The molecule has 0 fully saturated rings. The molecule has 2 aromatic rings. The zero-order valence-electron chi connectivity index (χ0n) is 13.8. The third-order valence-electron chi connectivity index (χ3n) is 4.04. The molecule has 0 radical (unpaired) electrons. The van der Waals surface area contributed by atoms with Crippen molar-refractivity contribution in [2.45, 2.75) is 38.9 Å². The largest absolute Gasteiger partial charge is 0.318 e. The highest BCUT2D eigenvalue weighted by Gasteiger charge is 2.17. The number of hydrogen-bond donors (Lipinski definition) is 1. The van der Waals surface area contributed by atoms with Crippen LogP contribution in [-0.2, 0) is 13.1 Å². The molecule has 0 bridgehead atoms. The molecule has 1 atom stereocenters. The maximum Gasteiger partial charge on any atom is 0.0240 e. The Bertz CT molecular complexity index is 462. The Kier molecular flexibility index (Phi) is 7.14. The summed E-state index contributed by atoms with van der Waals surface area (Å²) < 4.78 is 0. The molecule has 1 N–H and O–H groups in total. The van der Waals surface area contributed by atoms with E-state index < -0.39 is 0 Å². The van der Waals surface area contributed by atoms with Gasteiger partial charge in [0, 0.05) is 25.7 Å². The summed E-state index contributed by atoms with van der Waals surface area (Å²) in [5.74, 6) is 0. The summed E-state index contributed by atoms with van der Waals surface area (Å²) in [6.45, 7) is 5.31. The van der Waals surface area contributed by atoms with E-state index in [0.717, 1.165) is 19.6 Å². The first-order valence-electron chi connectivity index (χ1n) is 8.30. The third kappa shape index (κ3) is 5.28. The van der Waals surface area contributed by atoms with Gasteiger partial charge in [0.05, 0.1) is 0 Å². The quantitative estimate of drug-likeness (QED) is 0.750. The Morgan fingerprint density at radius 1 is 0.864 bits per heavy atom. The second kappa shape index (κ2) is 9.39. The minimum absolute atomic E-state index is 0.565. The van der Waals surface area contributed by atoms with Crippen LogP contribution < -0.4 is 5.32 Å². The van der Waals surface area contributed by atoms with Crippen molar-refractivity contribution in [1.82, 2.24) is 10.2 Å². The molecule has 2 aromatic carbocycles. The average Bonchev–Trinajstić information content (AvgIpc) is 2.56. The smallest absolute Gasteiger partial charge is 0.0240 e. The van der Waals surface area contributed by atoms with Crippen molar-refractivity contribution >= 4 is 0 Å². The van der Waals surface area contributed by atoms with Gasteiger partial charge in [-0.1, -0.05) is 74.0 Å². The van der Waals surface area contributed by atoms with Crippen LogP contribution in [0.1, 0.15) is 30.9 Å². The van der Waals surface area contributed by atoms with Crippen LogP contribution in [0.4, 0.5) is 0 Å². The molecule has 0 heterocycles. The molecule has 0 aromatic heterocycles. The van der Waals surface area contributed by atoms with E-state index in [0.29, 0.717) is 6.04 Å². The van der Waals surface area contributed by atoms with E-state index in [1.807, 2.05) is 7.05 Å². The van der Waals surface area contributed by atoms with Gasteiger partial charge in [-0.25, -0.2) is 0 Å². The minimum Gasteiger partial charge on any atom is -0.318 e. The maximum atomic E-state index is 3.36. The Morgan fingerprint density at radius 3 is 1.77 bits per heavy atom. The van der Waals surface area contributed by atoms with Gasteiger partial charge < -0.3 is 5.32 Å². The Balaban J connectivity index is 2.14. The lowest BCUT2D eigenvalue weighted by Gasteiger charge is -2.32. The molecular weight excluding hydrogens is 268 g/mol. The standard InChI is InChI=1S/C20H28N2/c1-3-10-20(15-21-2)22(16-18-11-6-4-7-12-18)17-19-13-8-5-9-14-19/h4-9,11-14,20-21H,3,10,15-17H2,1-2H3/t20-/m1/s1. The number of likely N-dealkylation sites (N-methyl/N-ethyl adjacent to an activating group) is 1. The molecule has 0 unspecified atom stereocenters. The molecule has 0 saturated carbocycles. The lowest BCUT2D eigenvalue weighted by Crippen LogP contribution is -2.40. The zero-order valence-corrected chi connectivity index (χ0v) is 13.8. The average molecular weight is 296 g/mol. The molecule has 0 aliphatic carbocycles. The molecular formula is C20H28N2. The number of nitrogens with zero attached hydrogens (tertiary/aromatic N) is 1. The lowest BCUT2D eigenvalue weighted by atomic mass is 10.1. The predicted molar refractivity (Wildman–Crippen MR) is 94.8 cm³/mol. The van der Waals surface area contributed by atoms with Gasteiger partial charge in [-0.15, -0.1) is 0 Å². The van der Waals surface area contributed by atoms with Crippen molar-refractivity contribution in [3.63, 3.8) is 0 Å². The molecule has 0 spiro atoms. The fourth-order valence-electron chi connectivity index (χ4n) is 2.93. The molecule has 2 rings (SSSR count). The van der Waals surface area contributed by atoms with Crippen LogP contribution in [0.25, 0.3) is 0 Å². The van der Waals surface area contributed by atoms with Gasteiger partial charge in [0.25, 0.3) is 0 Å². The van der Waals surface area contributed by atoms with Crippen molar-refractivity contribution in [1.29, 1.82) is 0 Å². The number of rotatable bonds is 9. The fourth-order valence-corrected chi connectivity index (χ4v) is 2.93. The highest BCUT2D eigenvalue weighted by atomic mass is 15.2. The molecule has 0 amide bonds. The number of nitrogens with one attached hydrogen (secondary N) is 1. The van der Waals surface area contributed by atoms with Crippen molar-refractivity contribution in [3.05, 3.63) is 71.8 Å².